The Bertz CT molecular complexity index is 955. The quantitative estimate of drug-likeness (QED) is 0.663. The first-order valence-electron chi connectivity index (χ1n) is 9.03. The highest BCUT2D eigenvalue weighted by molar-refractivity contribution is 7.89. The lowest BCUT2D eigenvalue weighted by Gasteiger charge is -2.18. The molecule has 0 spiro atoms. The number of carbonyl (C=O) groups excluding carboxylic acids is 2. The van der Waals surface area contributed by atoms with Crippen LogP contribution in [-0.4, -0.2) is 37.4 Å². The zero-order valence-electron chi connectivity index (χ0n) is 15.4. The molecule has 0 saturated heterocycles. The SMILES string of the molecule is CC[C@H](NS(=O)(=O)CCCN1C(=O)c2ccccc2C1=O)c1ccc(Cl)cc1. The predicted octanol–water partition coefficient (Wildman–Crippen LogP) is 3.40. The second-order valence-electron chi connectivity index (χ2n) is 6.61. The van der Waals surface area contributed by atoms with Crippen LogP contribution < -0.4 is 4.72 Å². The largest absolute Gasteiger partial charge is 0.274 e. The van der Waals surface area contributed by atoms with E-state index in [1.165, 1.54) is 0 Å². The lowest BCUT2D eigenvalue weighted by Crippen LogP contribution is -2.34. The maximum absolute atomic E-state index is 12.5. The topological polar surface area (TPSA) is 83.6 Å². The van der Waals surface area contributed by atoms with Crippen molar-refractivity contribution >= 4 is 33.4 Å². The van der Waals surface area contributed by atoms with Crippen LogP contribution in [0.3, 0.4) is 0 Å². The highest BCUT2D eigenvalue weighted by Crippen LogP contribution is 2.23. The number of rotatable bonds is 8. The number of fused-ring (bicyclic) bond motifs is 1. The molecule has 6 nitrogen and oxygen atoms in total. The molecule has 148 valence electrons. The minimum atomic E-state index is -3.58. The molecule has 1 aliphatic rings. The summed E-state index contributed by atoms with van der Waals surface area (Å²) in [4.78, 5) is 25.8. The summed E-state index contributed by atoms with van der Waals surface area (Å²) in [7, 11) is -3.58. The van der Waals surface area contributed by atoms with Crippen LogP contribution in [0.25, 0.3) is 0 Å². The Morgan fingerprint density at radius 1 is 1.00 bits per heavy atom. The van der Waals surface area contributed by atoms with Gasteiger partial charge in [-0.25, -0.2) is 13.1 Å². The van der Waals surface area contributed by atoms with Gasteiger partial charge in [0.05, 0.1) is 16.9 Å². The van der Waals surface area contributed by atoms with Crippen LogP contribution in [0.1, 0.15) is 52.1 Å². The van der Waals surface area contributed by atoms with E-state index in [-0.39, 0.29) is 36.6 Å². The monoisotopic (exact) mass is 420 g/mol. The smallest absolute Gasteiger partial charge is 0.261 e. The van der Waals surface area contributed by atoms with Crippen molar-refractivity contribution in [1.82, 2.24) is 9.62 Å². The Kier molecular flexibility index (Phi) is 6.17. The van der Waals surface area contributed by atoms with Gasteiger partial charge in [0.1, 0.15) is 0 Å². The molecule has 3 rings (SSSR count). The van der Waals surface area contributed by atoms with Crippen molar-refractivity contribution in [3.05, 3.63) is 70.2 Å². The van der Waals surface area contributed by atoms with Gasteiger partial charge in [0.25, 0.3) is 11.8 Å². The van der Waals surface area contributed by atoms with Gasteiger partial charge in [-0.2, -0.15) is 0 Å². The molecule has 0 bridgehead atoms. The molecule has 8 heteroatoms. The van der Waals surface area contributed by atoms with Crippen molar-refractivity contribution in [2.75, 3.05) is 12.3 Å². The summed E-state index contributed by atoms with van der Waals surface area (Å²) < 4.78 is 27.6. The van der Waals surface area contributed by atoms with E-state index in [4.69, 9.17) is 11.6 Å². The number of halogens is 1. The predicted molar refractivity (Wildman–Crippen MR) is 108 cm³/mol. The fourth-order valence-corrected chi connectivity index (χ4v) is 4.70. The van der Waals surface area contributed by atoms with Crippen molar-refractivity contribution in [1.29, 1.82) is 0 Å². The second-order valence-corrected chi connectivity index (χ2v) is 8.92. The van der Waals surface area contributed by atoms with Gasteiger partial charge >= 0.3 is 0 Å². The number of imide groups is 1. The fourth-order valence-electron chi connectivity index (χ4n) is 3.21. The van der Waals surface area contributed by atoms with Gasteiger partial charge in [-0.3, -0.25) is 14.5 Å². The lowest BCUT2D eigenvalue weighted by atomic mass is 10.1. The molecule has 0 saturated carbocycles. The van der Waals surface area contributed by atoms with Crippen LogP contribution in [0.2, 0.25) is 5.02 Å². The molecule has 2 aromatic rings. The molecule has 0 radical (unpaired) electrons. The Morgan fingerprint density at radius 2 is 1.57 bits per heavy atom. The summed E-state index contributed by atoms with van der Waals surface area (Å²) in [6, 6.07) is 13.3. The first-order valence-corrected chi connectivity index (χ1v) is 11.1. The molecule has 28 heavy (non-hydrogen) atoms. The zero-order valence-corrected chi connectivity index (χ0v) is 17.0. The average molecular weight is 421 g/mol. The molecule has 1 atom stereocenters. The number of nitrogens with zero attached hydrogens (tertiary/aromatic N) is 1. The standard InChI is InChI=1S/C20H21ClN2O4S/c1-2-18(14-8-10-15(21)11-9-14)22-28(26,27)13-5-12-23-19(24)16-6-3-4-7-17(16)20(23)25/h3-4,6-11,18,22H,2,5,12-13H2,1H3/t18-/m0/s1. The minimum absolute atomic E-state index is 0.0605. The van der Waals surface area contributed by atoms with Gasteiger partial charge in [0, 0.05) is 17.6 Å². The van der Waals surface area contributed by atoms with Gasteiger partial charge in [-0.15, -0.1) is 0 Å². The molecular weight excluding hydrogens is 400 g/mol. The highest BCUT2D eigenvalue weighted by atomic mass is 35.5. The summed E-state index contributed by atoms with van der Waals surface area (Å²) in [5, 5.41) is 0.586. The summed E-state index contributed by atoms with van der Waals surface area (Å²) >= 11 is 5.88. The van der Waals surface area contributed by atoms with E-state index in [0.29, 0.717) is 22.6 Å². The molecule has 0 aliphatic carbocycles. The molecular formula is C20H21ClN2O4S. The number of hydrogen-bond donors (Lipinski definition) is 1. The Morgan fingerprint density at radius 3 is 2.11 bits per heavy atom. The normalized spacial score (nSPS) is 15.0. The van der Waals surface area contributed by atoms with E-state index >= 15 is 0 Å². The van der Waals surface area contributed by atoms with Gasteiger partial charge in [-0.1, -0.05) is 42.8 Å². The number of amides is 2. The molecule has 1 aliphatic heterocycles. The lowest BCUT2D eigenvalue weighted by molar-refractivity contribution is 0.0654. The Labute approximate surface area is 169 Å². The van der Waals surface area contributed by atoms with Gasteiger partial charge < -0.3 is 0 Å². The van der Waals surface area contributed by atoms with Gasteiger partial charge in [0.15, 0.2) is 0 Å². The fraction of sp³-hybridized carbons (Fsp3) is 0.300. The molecule has 0 fully saturated rings. The summed E-state index contributed by atoms with van der Waals surface area (Å²) in [5.41, 5.74) is 1.56. The van der Waals surface area contributed by atoms with Crippen LogP contribution in [0.15, 0.2) is 48.5 Å². The van der Waals surface area contributed by atoms with Crippen LogP contribution in [0.5, 0.6) is 0 Å². The minimum Gasteiger partial charge on any atom is -0.274 e. The van der Waals surface area contributed by atoms with Crippen molar-refractivity contribution < 1.29 is 18.0 Å². The molecule has 2 amide bonds. The molecule has 1 heterocycles. The zero-order chi connectivity index (χ0) is 20.3. The number of sulfonamides is 1. The van der Waals surface area contributed by atoms with E-state index in [1.807, 2.05) is 6.92 Å². The van der Waals surface area contributed by atoms with E-state index in [9.17, 15) is 18.0 Å². The first kappa shape index (κ1) is 20.5. The van der Waals surface area contributed by atoms with Crippen molar-refractivity contribution in [2.24, 2.45) is 0 Å². The third kappa shape index (κ3) is 4.43. The second kappa shape index (κ2) is 8.43. The Balaban J connectivity index is 1.59. The van der Waals surface area contributed by atoms with E-state index < -0.39 is 10.0 Å². The summed E-state index contributed by atoms with van der Waals surface area (Å²) in [5.74, 6) is -0.929. The highest BCUT2D eigenvalue weighted by Gasteiger charge is 2.34. The van der Waals surface area contributed by atoms with Crippen molar-refractivity contribution in [3.63, 3.8) is 0 Å². The maximum Gasteiger partial charge on any atom is 0.261 e. The average Bonchev–Trinajstić information content (AvgIpc) is 2.92. The molecule has 2 aromatic carbocycles. The van der Waals surface area contributed by atoms with Crippen LogP contribution in [0.4, 0.5) is 0 Å². The number of hydrogen-bond acceptors (Lipinski definition) is 4. The van der Waals surface area contributed by atoms with E-state index in [2.05, 4.69) is 4.72 Å². The van der Waals surface area contributed by atoms with Crippen LogP contribution in [-0.2, 0) is 10.0 Å². The number of carbonyl (C=O) groups is 2. The van der Waals surface area contributed by atoms with Crippen LogP contribution >= 0.6 is 11.6 Å². The molecule has 0 aromatic heterocycles. The van der Waals surface area contributed by atoms with Gasteiger partial charge in [-0.05, 0) is 42.7 Å². The van der Waals surface area contributed by atoms with Crippen LogP contribution in [0, 0.1) is 0 Å². The third-order valence-electron chi connectivity index (χ3n) is 4.68. The first-order chi connectivity index (χ1) is 13.3. The van der Waals surface area contributed by atoms with Crippen molar-refractivity contribution in [3.8, 4) is 0 Å². The summed E-state index contributed by atoms with van der Waals surface area (Å²) in [6.45, 7) is 1.95. The summed E-state index contributed by atoms with van der Waals surface area (Å²) in [6.07, 6.45) is 0.747. The van der Waals surface area contributed by atoms with Gasteiger partial charge in [0.2, 0.25) is 10.0 Å². The number of benzene rings is 2. The molecule has 0 unspecified atom stereocenters. The molecule has 1 N–H and O–H groups in total. The number of nitrogens with one attached hydrogen (secondary N) is 1. The maximum atomic E-state index is 12.5. The van der Waals surface area contributed by atoms with Crippen molar-refractivity contribution in [2.45, 2.75) is 25.8 Å². The van der Waals surface area contributed by atoms with E-state index in [1.54, 1.807) is 48.5 Å². The third-order valence-corrected chi connectivity index (χ3v) is 6.40. The van der Waals surface area contributed by atoms with E-state index in [0.717, 1.165) is 10.5 Å². The Hall–Kier alpha value is -2.22.